The van der Waals surface area contributed by atoms with E-state index in [2.05, 4.69) is 0 Å². The number of amides is 1. The van der Waals surface area contributed by atoms with Gasteiger partial charge >= 0.3 is 0 Å². The summed E-state index contributed by atoms with van der Waals surface area (Å²) in [6.45, 7) is 0.289. The van der Waals surface area contributed by atoms with Crippen LogP contribution in [0.3, 0.4) is 0 Å². The Balaban J connectivity index is 1.93. The third kappa shape index (κ3) is 5.62. The van der Waals surface area contributed by atoms with E-state index in [4.69, 9.17) is 9.47 Å². The molecule has 0 aliphatic heterocycles. The lowest BCUT2D eigenvalue weighted by Gasteiger charge is -2.19. The number of carbonyl (C=O) groups excluding carboxylic acids is 1. The van der Waals surface area contributed by atoms with Crippen molar-refractivity contribution in [2.75, 3.05) is 38.4 Å². The summed E-state index contributed by atoms with van der Waals surface area (Å²) in [7, 11) is 1.44. The van der Waals surface area contributed by atoms with Crippen LogP contribution in [-0.4, -0.2) is 53.3 Å². The Morgan fingerprint density at radius 1 is 1.04 bits per heavy atom. The quantitative estimate of drug-likeness (QED) is 0.688. The third-order valence-electron chi connectivity index (χ3n) is 4.09. The number of hydrogen-bond acceptors (Lipinski definition) is 5. The largest absolute Gasteiger partial charge is 0.496 e. The lowest BCUT2D eigenvalue weighted by Crippen LogP contribution is -2.31. The van der Waals surface area contributed by atoms with E-state index in [0.29, 0.717) is 18.0 Å². The highest BCUT2D eigenvalue weighted by Gasteiger charge is 2.14. The lowest BCUT2D eigenvalue weighted by atomic mass is 10.2. The molecule has 8 heteroatoms. The van der Waals surface area contributed by atoms with E-state index < -0.39 is 10.0 Å². The van der Waals surface area contributed by atoms with Crippen molar-refractivity contribution in [2.45, 2.75) is 6.54 Å². The first kappa shape index (κ1) is 20.6. The summed E-state index contributed by atoms with van der Waals surface area (Å²) in [5.41, 5.74) is 1.42. The number of benzene rings is 2. The Kier molecular flexibility index (Phi) is 6.68. The van der Waals surface area contributed by atoms with Gasteiger partial charge in [0, 0.05) is 26.2 Å². The number of methoxy groups -OCH3 is 1. The molecule has 2 aromatic carbocycles. The van der Waals surface area contributed by atoms with Crippen molar-refractivity contribution >= 4 is 21.6 Å². The van der Waals surface area contributed by atoms with Crippen LogP contribution in [0, 0.1) is 0 Å². The fourth-order valence-corrected chi connectivity index (χ4v) is 2.88. The molecule has 0 atom stereocenters. The summed E-state index contributed by atoms with van der Waals surface area (Å²) < 4.78 is 35.1. The number of para-hydroxylation sites is 1. The average Bonchev–Trinajstić information content (AvgIpc) is 2.65. The van der Waals surface area contributed by atoms with Gasteiger partial charge in [-0.05, 0) is 30.3 Å². The second-order valence-electron chi connectivity index (χ2n) is 6.07. The normalized spacial score (nSPS) is 11.0. The zero-order valence-corrected chi connectivity index (χ0v) is 16.7. The van der Waals surface area contributed by atoms with Crippen LogP contribution in [0.4, 0.5) is 5.69 Å². The van der Waals surface area contributed by atoms with Crippen molar-refractivity contribution < 1.29 is 22.7 Å². The van der Waals surface area contributed by atoms with E-state index in [-0.39, 0.29) is 12.5 Å². The Labute approximate surface area is 160 Å². The minimum atomic E-state index is -3.32. The van der Waals surface area contributed by atoms with Gasteiger partial charge in [0.05, 0.1) is 19.1 Å². The molecule has 0 heterocycles. The summed E-state index contributed by atoms with van der Waals surface area (Å²) in [4.78, 5) is 13.9. The number of carbonyl (C=O) groups is 1. The van der Waals surface area contributed by atoms with Crippen molar-refractivity contribution in [1.82, 2.24) is 4.90 Å². The topological polar surface area (TPSA) is 76.2 Å². The Morgan fingerprint density at radius 3 is 2.26 bits per heavy atom. The molecule has 2 rings (SSSR count). The van der Waals surface area contributed by atoms with Gasteiger partial charge in [-0.15, -0.1) is 0 Å². The molecular weight excluding hydrogens is 368 g/mol. The van der Waals surface area contributed by atoms with Crippen LogP contribution in [0.2, 0.25) is 0 Å². The number of ether oxygens (including phenoxy) is 2. The number of sulfonamides is 1. The highest BCUT2D eigenvalue weighted by atomic mass is 32.2. The molecule has 0 spiro atoms. The summed E-state index contributed by atoms with van der Waals surface area (Å²) in [6.07, 6.45) is 1.13. The standard InChI is InChI=1S/C19H24N2O5S/c1-20(13-15-7-5-6-8-18(15)25-3)19(22)14-26-17-11-9-16(10-12-17)21(2)27(4,23)24/h5-12H,13-14H2,1-4H3. The van der Waals surface area contributed by atoms with E-state index in [1.165, 1.54) is 11.4 Å². The van der Waals surface area contributed by atoms with Crippen molar-refractivity contribution in [2.24, 2.45) is 0 Å². The molecule has 0 bridgehead atoms. The fraction of sp³-hybridized carbons (Fsp3) is 0.316. The van der Waals surface area contributed by atoms with Crippen molar-refractivity contribution in [1.29, 1.82) is 0 Å². The molecule has 0 radical (unpaired) electrons. The summed E-state index contributed by atoms with van der Waals surface area (Å²) in [6, 6.07) is 14.0. The molecule has 2 aromatic rings. The molecule has 0 saturated heterocycles. The number of rotatable bonds is 8. The smallest absolute Gasteiger partial charge is 0.260 e. The monoisotopic (exact) mass is 392 g/mol. The van der Waals surface area contributed by atoms with Crippen molar-refractivity contribution in [3.05, 3.63) is 54.1 Å². The Hall–Kier alpha value is -2.74. The maximum absolute atomic E-state index is 12.3. The molecule has 0 saturated carbocycles. The van der Waals surface area contributed by atoms with Crippen LogP contribution in [0.5, 0.6) is 11.5 Å². The third-order valence-corrected chi connectivity index (χ3v) is 5.29. The van der Waals surface area contributed by atoms with Crippen LogP contribution in [-0.2, 0) is 21.4 Å². The van der Waals surface area contributed by atoms with Crippen molar-refractivity contribution in [3.63, 3.8) is 0 Å². The highest BCUT2D eigenvalue weighted by Crippen LogP contribution is 2.21. The number of nitrogens with zero attached hydrogens (tertiary/aromatic N) is 2. The summed E-state index contributed by atoms with van der Waals surface area (Å²) >= 11 is 0. The average molecular weight is 392 g/mol. The predicted molar refractivity (Wildman–Crippen MR) is 105 cm³/mol. The van der Waals surface area contributed by atoms with Gasteiger partial charge in [-0.25, -0.2) is 8.42 Å². The van der Waals surface area contributed by atoms with Crippen LogP contribution >= 0.6 is 0 Å². The molecule has 27 heavy (non-hydrogen) atoms. The van der Waals surface area contributed by atoms with Gasteiger partial charge in [0.2, 0.25) is 10.0 Å². The minimum Gasteiger partial charge on any atom is -0.496 e. The number of anilines is 1. The molecule has 0 aliphatic rings. The lowest BCUT2D eigenvalue weighted by molar-refractivity contribution is -0.132. The van der Waals surface area contributed by atoms with E-state index in [0.717, 1.165) is 17.6 Å². The first-order valence-electron chi connectivity index (χ1n) is 8.25. The molecule has 7 nitrogen and oxygen atoms in total. The van der Waals surface area contributed by atoms with E-state index in [1.54, 1.807) is 43.3 Å². The van der Waals surface area contributed by atoms with Gasteiger partial charge in [-0.2, -0.15) is 0 Å². The van der Waals surface area contributed by atoms with Crippen LogP contribution in [0.15, 0.2) is 48.5 Å². The van der Waals surface area contributed by atoms with Crippen LogP contribution < -0.4 is 13.8 Å². The van der Waals surface area contributed by atoms with Crippen molar-refractivity contribution in [3.8, 4) is 11.5 Å². The fourth-order valence-electron chi connectivity index (χ4n) is 2.38. The van der Waals surface area contributed by atoms with Gasteiger partial charge in [0.25, 0.3) is 5.91 Å². The molecule has 0 aliphatic carbocycles. The number of likely N-dealkylation sites (N-methyl/N-ethyl adjacent to an activating group) is 1. The summed E-state index contributed by atoms with van der Waals surface area (Å²) in [5, 5.41) is 0. The summed E-state index contributed by atoms with van der Waals surface area (Å²) in [5.74, 6) is 1.03. The zero-order valence-electron chi connectivity index (χ0n) is 15.9. The van der Waals surface area contributed by atoms with E-state index >= 15 is 0 Å². The Morgan fingerprint density at radius 2 is 1.67 bits per heavy atom. The molecule has 1 amide bonds. The van der Waals surface area contributed by atoms with Crippen LogP contribution in [0.1, 0.15) is 5.56 Å². The van der Waals surface area contributed by atoms with Gasteiger partial charge < -0.3 is 14.4 Å². The first-order valence-corrected chi connectivity index (χ1v) is 10.1. The molecule has 0 N–H and O–H groups in total. The molecular formula is C19H24N2O5S. The van der Waals surface area contributed by atoms with E-state index in [1.807, 2.05) is 24.3 Å². The maximum Gasteiger partial charge on any atom is 0.260 e. The van der Waals surface area contributed by atoms with Crippen LogP contribution in [0.25, 0.3) is 0 Å². The molecule has 146 valence electrons. The zero-order chi connectivity index (χ0) is 20.0. The number of hydrogen-bond donors (Lipinski definition) is 0. The van der Waals surface area contributed by atoms with Gasteiger partial charge in [0.1, 0.15) is 11.5 Å². The second kappa shape index (κ2) is 8.77. The molecule has 0 aromatic heterocycles. The Bertz CT molecular complexity index is 881. The predicted octanol–water partition coefficient (Wildman–Crippen LogP) is 2.13. The maximum atomic E-state index is 12.3. The van der Waals surface area contributed by atoms with Gasteiger partial charge in [-0.3, -0.25) is 9.10 Å². The molecule has 0 fully saturated rings. The SMILES string of the molecule is COc1ccccc1CN(C)C(=O)COc1ccc(N(C)S(C)(=O)=O)cc1. The minimum absolute atomic E-state index is 0.118. The van der Waals surface area contributed by atoms with Gasteiger partial charge in [-0.1, -0.05) is 18.2 Å². The van der Waals surface area contributed by atoms with Gasteiger partial charge in [0.15, 0.2) is 6.61 Å². The second-order valence-corrected chi connectivity index (χ2v) is 8.09. The highest BCUT2D eigenvalue weighted by molar-refractivity contribution is 7.92. The first-order chi connectivity index (χ1) is 12.7. The van der Waals surface area contributed by atoms with E-state index in [9.17, 15) is 13.2 Å². The molecule has 0 unspecified atom stereocenters.